The zero-order valence-corrected chi connectivity index (χ0v) is 54.1. The van der Waals surface area contributed by atoms with Gasteiger partial charge in [0.1, 0.15) is 19.3 Å². The Morgan fingerprint density at radius 3 is 1.23 bits per heavy atom. The van der Waals surface area contributed by atoms with E-state index in [1.165, 1.54) is 148 Å². The zero-order chi connectivity index (χ0) is 59.3. The first-order chi connectivity index (χ1) is 39.4. The lowest BCUT2D eigenvalue weighted by molar-refractivity contribution is -0.870. The van der Waals surface area contributed by atoms with E-state index in [1.807, 2.05) is 39.4 Å². The summed E-state index contributed by atoms with van der Waals surface area (Å²) in [7, 11) is 1.14. The highest BCUT2D eigenvalue weighted by Crippen LogP contribution is 2.38. The Morgan fingerprint density at radius 2 is 0.802 bits per heavy atom. The topological polar surface area (TPSA) is 114 Å². The van der Waals surface area contributed by atoms with Gasteiger partial charge in [-0.15, -0.1) is 0 Å². The SMILES string of the molecule is CC/C=C\C/C=C\C/C=C\C/C=C\C/C=C\C/C=C\CCC(=O)OC(/C=C\CCCCCCCCCCC)C(COP(=O)([O-])OCC[N+](C)(C)C)NC(=O)CCCCCCCCCCCCCCCCC/C=C\C/C=C\CCCCC. The van der Waals surface area contributed by atoms with Gasteiger partial charge in [-0.2, -0.15) is 0 Å². The second kappa shape index (κ2) is 59.8. The fourth-order valence-electron chi connectivity index (χ4n) is 9.11. The molecule has 0 aromatic carbocycles. The van der Waals surface area contributed by atoms with Crippen molar-refractivity contribution >= 4 is 19.7 Å². The van der Waals surface area contributed by atoms with Crippen molar-refractivity contribution in [2.75, 3.05) is 40.9 Å². The van der Waals surface area contributed by atoms with Crippen molar-refractivity contribution in [2.24, 2.45) is 0 Å². The molecular formula is C71H125N2O7P. The Morgan fingerprint density at radius 1 is 0.444 bits per heavy atom. The van der Waals surface area contributed by atoms with E-state index >= 15 is 0 Å². The molecule has 466 valence electrons. The van der Waals surface area contributed by atoms with Crippen LogP contribution in [0.15, 0.2) is 109 Å². The number of allylic oxidation sites excluding steroid dienone is 17. The van der Waals surface area contributed by atoms with Gasteiger partial charge in [-0.1, -0.05) is 272 Å². The van der Waals surface area contributed by atoms with E-state index in [1.54, 1.807) is 6.08 Å². The van der Waals surface area contributed by atoms with Gasteiger partial charge in [-0.25, -0.2) is 0 Å². The van der Waals surface area contributed by atoms with E-state index in [0.717, 1.165) is 89.9 Å². The fraction of sp³-hybridized carbons (Fsp3) is 0.718. The van der Waals surface area contributed by atoms with E-state index in [9.17, 15) is 19.0 Å². The maximum absolute atomic E-state index is 13.6. The summed E-state index contributed by atoms with van der Waals surface area (Å²) in [6.07, 6.45) is 82.3. The highest BCUT2D eigenvalue weighted by Gasteiger charge is 2.27. The molecule has 0 fully saturated rings. The van der Waals surface area contributed by atoms with Crippen LogP contribution in [0, 0.1) is 0 Å². The summed E-state index contributed by atoms with van der Waals surface area (Å²) < 4.78 is 30.3. The third kappa shape index (κ3) is 61.1. The Balaban J connectivity index is 5.17. The minimum absolute atomic E-state index is 0.0377. The molecule has 0 aromatic rings. The van der Waals surface area contributed by atoms with Gasteiger partial charge in [0.15, 0.2) is 0 Å². The Hall–Kier alpha value is -3.33. The van der Waals surface area contributed by atoms with Gasteiger partial charge in [0.05, 0.1) is 33.8 Å². The number of nitrogens with one attached hydrogen (secondary N) is 1. The van der Waals surface area contributed by atoms with E-state index < -0.39 is 32.5 Å². The molecule has 0 aliphatic carbocycles. The number of amides is 1. The third-order valence-electron chi connectivity index (χ3n) is 14.2. The summed E-state index contributed by atoms with van der Waals surface area (Å²) in [6, 6.07) is -0.925. The highest BCUT2D eigenvalue weighted by atomic mass is 31.2. The molecule has 3 unspecified atom stereocenters. The minimum atomic E-state index is -4.72. The maximum Gasteiger partial charge on any atom is 0.306 e. The predicted octanol–water partition coefficient (Wildman–Crippen LogP) is 20.3. The molecule has 81 heavy (non-hydrogen) atoms. The number of ether oxygens (including phenoxy) is 1. The van der Waals surface area contributed by atoms with Gasteiger partial charge < -0.3 is 28.5 Å². The molecule has 0 aliphatic rings. The Bertz CT molecular complexity index is 1750. The van der Waals surface area contributed by atoms with Gasteiger partial charge in [0.2, 0.25) is 5.91 Å². The van der Waals surface area contributed by atoms with Crippen molar-refractivity contribution < 1.29 is 37.3 Å². The zero-order valence-electron chi connectivity index (χ0n) is 53.2. The lowest BCUT2D eigenvalue weighted by atomic mass is 10.0. The van der Waals surface area contributed by atoms with Crippen molar-refractivity contribution in [3.63, 3.8) is 0 Å². The van der Waals surface area contributed by atoms with E-state index in [0.29, 0.717) is 23.9 Å². The summed E-state index contributed by atoms with van der Waals surface area (Å²) in [5.41, 5.74) is 0. The average molecular weight is 1150 g/mol. The normalized spacial score (nSPS) is 14.3. The first-order valence-corrected chi connectivity index (χ1v) is 34.7. The van der Waals surface area contributed by atoms with Crippen LogP contribution in [-0.4, -0.2) is 69.4 Å². The molecule has 0 aromatic heterocycles. The minimum Gasteiger partial charge on any atom is -0.756 e. The quantitative estimate of drug-likeness (QED) is 0.0212. The van der Waals surface area contributed by atoms with Gasteiger partial charge in [0.25, 0.3) is 7.82 Å². The molecule has 3 atom stereocenters. The molecule has 0 saturated heterocycles. The van der Waals surface area contributed by atoms with Crippen LogP contribution in [0.5, 0.6) is 0 Å². The summed E-state index contributed by atoms with van der Waals surface area (Å²) in [4.78, 5) is 40.0. The molecule has 0 saturated carbocycles. The number of carbonyl (C=O) groups is 2. The molecule has 0 bridgehead atoms. The molecule has 0 rings (SSSR count). The van der Waals surface area contributed by atoms with Gasteiger partial charge in [-0.05, 0) is 102 Å². The standard InChI is InChI=1S/C71H125N2O7P/c1-7-10-13-16-19-22-25-27-29-31-33-34-35-36-37-38-40-41-43-45-48-51-54-57-60-63-70(74)72-68(67-79-81(76,77)78-66-65-73(4,5)6)69(62-59-56-53-50-47-24-21-18-15-12-9-3)80-71(75)64-61-58-55-52-49-46-44-42-39-32-30-28-26-23-20-17-14-11-8-2/h11,14,19-20,22-23,27-30,39,42,46,49,55,58-59,62,68-69H,7-10,12-13,15-18,21,24-26,31-38,40-41,43-45,47-48,50-54,56-57,60-61,63-67H2,1-6H3,(H-,72,74,76,77)/b14-11-,22-19-,23-20-,29-27-,30-28-,42-39-,49-46-,58-55-,62-59-. The largest absolute Gasteiger partial charge is 0.756 e. The predicted molar refractivity (Wildman–Crippen MR) is 348 cm³/mol. The van der Waals surface area contributed by atoms with Crippen LogP contribution in [0.1, 0.15) is 278 Å². The maximum atomic E-state index is 13.6. The number of carbonyl (C=O) groups excluding carboxylic acids is 2. The number of unbranched alkanes of at least 4 members (excludes halogenated alkanes) is 27. The molecule has 0 aliphatic heterocycles. The van der Waals surface area contributed by atoms with Crippen LogP contribution < -0.4 is 10.2 Å². The number of nitrogens with zero attached hydrogens (tertiary/aromatic N) is 1. The number of esters is 1. The number of hydrogen-bond acceptors (Lipinski definition) is 7. The van der Waals surface area contributed by atoms with Gasteiger partial charge >= 0.3 is 5.97 Å². The second-order valence-electron chi connectivity index (χ2n) is 23.2. The Kier molecular flexibility index (Phi) is 57.4. The van der Waals surface area contributed by atoms with Gasteiger partial charge in [0, 0.05) is 12.8 Å². The highest BCUT2D eigenvalue weighted by molar-refractivity contribution is 7.45. The molecular weight excluding hydrogens is 1020 g/mol. The van der Waals surface area contributed by atoms with Crippen LogP contribution in [0.3, 0.4) is 0 Å². The van der Waals surface area contributed by atoms with Crippen molar-refractivity contribution in [3.05, 3.63) is 109 Å². The number of rotatable bonds is 59. The molecule has 0 heterocycles. The monoisotopic (exact) mass is 1150 g/mol. The molecule has 1 amide bonds. The number of likely N-dealkylation sites (N-methyl/N-ethyl adjacent to an activating group) is 1. The van der Waals surface area contributed by atoms with Crippen molar-refractivity contribution in [1.29, 1.82) is 0 Å². The number of phosphoric acid groups is 1. The van der Waals surface area contributed by atoms with Gasteiger partial charge in [-0.3, -0.25) is 14.2 Å². The van der Waals surface area contributed by atoms with Crippen molar-refractivity contribution in [1.82, 2.24) is 5.32 Å². The van der Waals surface area contributed by atoms with Crippen LogP contribution in [0.25, 0.3) is 0 Å². The number of phosphoric ester groups is 1. The van der Waals surface area contributed by atoms with Crippen molar-refractivity contribution in [2.45, 2.75) is 290 Å². The lowest BCUT2D eigenvalue weighted by Gasteiger charge is -2.30. The first-order valence-electron chi connectivity index (χ1n) is 33.2. The van der Waals surface area contributed by atoms with Crippen LogP contribution in [0.4, 0.5) is 0 Å². The van der Waals surface area contributed by atoms with Crippen LogP contribution in [-0.2, 0) is 27.9 Å². The summed E-state index contributed by atoms with van der Waals surface area (Å²) in [6.45, 7) is 6.66. The number of hydrogen-bond donors (Lipinski definition) is 1. The Labute approximate surface area is 500 Å². The molecule has 0 spiro atoms. The third-order valence-corrected chi connectivity index (χ3v) is 15.2. The smallest absolute Gasteiger partial charge is 0.306 e. The van der Waals surface area contributed by atoms with E-state index in [-0.39, 0.29) is 18.9 Å². The molecule has 0 radical (unpaired) electrons. The second-order valence-corrected chi connectivity index (χ2v) is 24.6. The van der Waals surface area contributed by atoms with Crippen LogP contribution in [0.2, 0.25) is 0 Å². The molecule has 10 heteroatoms. The fourth-order valence-corrected chi connectivity index (χ4v) is 9.83. The molecule has 9 nitrogen and oxygen atoms in total. The number of quaternary nitrogens is 1. The lowest BCUT2D eigenvalue weighted by Crippen LogP contribution is -2.47. The summed E-state index contributed by atoms with van der Waals surface area (Å²) >= 11 is 0. The first kappa shape index (κ1) is 77.7. The summed E-state index contributed by atoms with van der Waals surface area (Å²) in [5, 5.41) is 3.01. The van der Waals surface area contributed by atoms with E-state index in [2.05, 4.69) is 111 Å². The van der Waals surface area contributed by atoms with Crippen molar-refractivity contribution in [3.8, 4) is 0 Å². The average Bonchev–Trinajstić information content (AvgIpc) is 3.44. The van der Waals surface area contributed by atoms with E-state index in [4.69, 9.17) is 13.8 Å². The molecule has 1 N–H and O–H groups in total. The van der Waals surface area contributed by atoms with Crippen LogP contribution >= 0.6 is 7.82 Å². The summed E-state index contributed by atoms with van der Waals surface area (Å²) in [5.74, 6) is -0.640.